The minimum absolute atomic E-state index is 0.0545. The molecule has 2 saturated heterocycles. The summed E-state index contributed by atoms with van der Waals surface area (Å²) in [5.74, 6) is 0.356. The molecule has 4 fully saturated rings. The zero-order chi connectivity index (χ0) is 31.5. The Morgan fingerprint density at radius 1 is 0.630 bits per heavy atom. The lowest BCUT2D eigenvalue weighted by atomic mass is 9.84. The Kier molecular flexibility index (Phi) is 8.27. The Bertz CT molecular complexity index is 1590. The van der Waals surface area contributed by atoms with Gasteiger partial charge in [-0.15, -0.1) is 0 Å². The van der Waals surface area contributed by atoms with Crippen LogP contribution in [0.5, 0.6) is 0 Å². The fraction of sp³-hybridized carbons (Fsp3) is 0.606. The van der Waals surface area contributed by atoms with Crippen LogP contribution in [0.1, 0.15) is 51.6 Å². The maximum Gasteiger partial charge on any atom is 0.166 e. The fourth-order valence-corrected chi connectivity index (χ4v) is 8.71. The number of piperazine rings is 2. The van der Waals surface area contributed by atoms with Gasteiger partial charge < -0.3 is 9.13 Å². The van der Waals surface area contributed by atoms with Crippen LogP contribution in [0, 0.1) is 0 Å². The number of halogens is 2. The number of hydrogen-bond donors (Lipinski definition) is 0. The molecule has 0 N–H and O–H groups in total. The first-order valence-corrected chi connectivity index (χ1v) is 17.5. The van der Waals surface area contributed by atoms with E-state index in [1.54, 1.807) is 12.7 Å². The van der Waals surface area contributed by atoms with Gasteiger partial charge in [-0.05, 0) is 51.7 Å². The first-order chi connectivity index (χ1) is 22.4. The number of rotatable bonds is 8. The number of Topliss-reactive ketones (excluding diaryl/α,β-unsaturated/α-hetero) is 1. The van der Waals surface area contributed by atoms with E-state index in [0.717, 1.165) is 100 Å². The molecule has 46 heavy (non-hydrogen) atoms. The van der Waals surface area contributed by atoms with Gasteiger partial charge in [0.25, 0.3) is 0 Å². The van der Waals surface area contributed by atoms with Gasteiger partial charge in [-0.3, -0.25) is 24.4 Å². The molecular formula is C33H42Cl2N10O. The van der Waals surface area contributed by atoms with Crippen molar-refractivity contribution in [3.63, 3.8) is 0 Å². The Labute approximate surface area is 279 Å². The van der Waals surface area contributed by atoms with Gasteiger partial charge in [0.2, 0.25) is 0 Å². The number of hydrogen-bond acceptors (Lipinski definition) is 9. The lowest BCUT2D eigenvalue weighted by Gasteiger charge is -2.48. The molecule has 2 atom stereocenters. The van der Waals surface area contributed by atoms with Crippen LogP contribution in [0.4, 0.5) is 0 Å². The molecule has 0 spiro atoms. The molecule has 13 heteroatoms. The molecule has 0 aromatic carbocycles. The number of ketones is 1. The van der Waals surface area contributed by atoms with Crippen molar-refractivity contribution in [1.29, 1.82) is 0 Å². The molecule has 2 unspecified atom stereocenters. The molecule has 0 bridgehead atoms. The van der Waals surface area contributed by atoms with E-state index in [4.69, 9.17) is 23.2 Å². The predicted molar refractivity (Wildman–Crippen MR) is 179 cm³/mol. The van der Waals surface area contributed by atoms with E-state index in [1.165, 1.54) is 0 Å². The quantitative estimate of drug-likeness (QED) is 0.257. The Morgan fingerprint density at radius 3 is 1.41 bits per heavy atom. The number of nitrogens with zero attached hydrogens (tertiary/aromatic N) is 10. The smallest absolute Gasteiger partial charge is 0.166 e. The second kappa shape index (κ2) is 12.4. The van der Waals surface area contributed by atoms with Gasteiger partial charge in [-0.2, -0.15) is 0 Å². The molecule has 6 heterocycles. The third-order valence-electron chi connectivity index (χ3n) is 11.5. The summed E-state index contributed by atoms with van der Waals surface area (Å²) in [6.07, 6.45) is 11.8. The van der Waals surface area contributed by atoms with Crippen LogP contribution in [0.15, 0.2) is 37.2 Å². The average molecular weight is 666 g/mol. The summed E-state index contributed by atoms with van der Waals surface area (Å²) >= 11 is 12.5. The lowest BCUT2D eigenvalue weighted by molar-refractivity contribution is -0.130. The summed E-state index contributed by atoms with van der Waals surface area (Å²) in [4.78, 5) is 40.9. The van der Waals surface area contributed by atoms with Gasteiger partial charge >= 0.3 is 0 Å². The molecular weight excluding hydrogens is 623 g/mol. The fourth-order valence-electron chi connectivity index (χ4n) is 8.33. The van der Waals surface area contributed by atoms with Gasteiger partial charge in [0.15, 0.2) is 5.78 Å². The number of carbonyl (C=O) groups excluding carboxylic acids is 1. The van der Waals surface area contributed by atoms with Gasteiger partial charge in [-0.1, -0.05) is 23.2 Å². The van der Waals surface area contributed by atoms with Crippen molar-refractivity contribution in [2.75, 3.05) is 52.4 Å². The van der Waals surface area contributed by atoms with Crippen LogP contribution in [0.25, 0.3) is 22.1 Å². The average Bonchev–Trinajstić information content (AvgIpc) is 3.66. The van der Waals surface area contributed by atoms with Crippen molar-refractivity contribution in [3.05, 3.63) is 47.5 Å². The van der Waals surface area contributed by atoms with Crippen molar-refractivity contribution in [1.82, 2.24) is 48.7 Å². The standard InChI is InChI=1S/C33H42Cl2N10O/c1-21(40-7-11-42(12-8-40)23-15-25(16-23)44-5-3-27-30(34)36-19-38-32(27)44)29(46)22(2)41-9-13-43(14-10-41)24-17-26(18-24)45-6-4-28-31(35)37-20-39-33(28)45/h3-6,19-26H,7-18H2,1-2H3. The first kappa shape index (κ1) is 30.7. The summed E-state index contributed by atoms with van der Waals surface area (Å²) in [5.41, 5.74) is 1.85. The zero-order valence-corrected chi connectivity index (χ0v) is 28.1. The molecule has 0 amide bonds. The number of aromatic nitrogens is 6. The predicted octanol–water partition coefficient (Wildman–Crippen LogP) is 4.17. The van der Waals surface area contributed by atoms with Crippen LogP contribution >= 0.6 is 23.2 Å². The summed E-state index contributed by atoms with van der Waals surface area (Å²) in [5, 5.41) is 2.88. The minimum atomic E-state index is -0.0545. The van der Waals surface area contributed by atoms with Crippen molar-refractivity contribution < 1.29 is 4.79 Å². The second-order valence-corrected chi connectivity index (χ2v) is 14.4. The Hall–Kier alpha value is -2.67. The van der Waals surface area contributed by atoms with E-state index in [2.05, 4.69) is 74.9 Å². The van der Waals surface area contributed by atoms with Crippen molar-refractivity contribution in [2.45, 2.75) is 75.8 Å². The highest BCUT2D eigenvalue weighted by Gasteiger charge is 2.40. The third-order valence-corrected chi connectivity index (χ3v) is 12.1. The molecule has 2 saturated carbocycles. The maximum atomic E-state index is 13.7. The summed E-state index contributed by atoms with van der Waals surface area (Å²) in [6.45, 7) is 12.1. The summed E-state index contributed by atoms with van der Waals surface area (Å²) < 4.78 is 4.52. The first-order valence-electron chi connectivity index (χ1n) is 16.8. The third kappa shape index (κ3) is 5.42. The Morgan fingerprint density at radius 2 is 1.02 bits per heavy atom. The van der Waals surface area contributed by atoms with E-state index >= 15 is 0 Å². The molecule has 11 nitrogen and oxygen atoms in total. The van der Waals surface area contributed by atoms with E-state index in [-0.39, 0.29) is 12.1 Å². The van der Waals surface area contributed by atoms with Crippen LogP contribution in [-0.2, 0) is 4.79 Å². The van der Waals surface area contributed by atoms with Crippen LogP contribution < -0.4 is 0 Å². The maximum absolute atomic E-state index is 13.7. The highest BCUT2D eigenvalue weighted by Crippen LogP contribution is 2.40. The van der Waals surface area contributed by atoms with Gasteiger partial charge in [0.05, 0.1) is 22.9 Å². The van der Waals surface area contributed by atoms with Crippen molar-refractivity contribution in [2.24, 2.45) is 0 Å². The highest BCUT2D eigenvalue weighted by atomic mass is 35.5. The molecule has 2 aliphatic carbocycles. The highest BCUT2D eigenvalue weighted by molar-refractivity contribution is 6.34. The van der Waals surface area contributed by atoms with Gasteiger partial charge in [0, 0.05) is 88.9 Å². The minimum Gasteiger partial charge on any atom is -0.329 e. The molecule has 4 aliphatic rings. The SMILES string of the molecule is CC(C(=O)C(C)N1CCN(C2CC(n3ccc4c(Cl)ncnc43)C2)CC1)N1CCN(C2CC(n3ccc4c(Cl)ncnc43)C2)CC1. The normalized spacial score (nSPS) is 28.3. The molecule has 4 aromatic heterocycles. The molecule has 2 aliphatic heterocycles. The molecule has 244 valence electrons. The molecule has 0 radical (unpaired) electrons. The van der Waals surface area contributed by atoms with Crippen LogP contribution in [0.3, 0.4) is 0 Å². The van der Waals surface area contributed by atoms with Gasteiger partial charge in [0.1, 0.15) is 34.3 Å². The zero-order valence-electron chi connectivity index (χ0n) is 26.5. The van der Waals surface area contributed by atoms with Crippen LogP contribution in [0.2, 0.25) is 10.3 Å². The largest absolute Gasteiger partial charge is 0.329 e. The van der Waals surface area contributed by atoms with E-state index < -0.39 is 0 Å². The number of carbonyl (C=O) groups is 1. The number of fused-ring (bicyclic) bond motifs is 2. The summed E-state index contributed by atoms with van der Waals surface area (Å²) in [6, 6.07) is 6.01. The van der Waals surface area contributed by atoms with E-state index in [9.17, 15) is 4.79 Å². The lowest BCUT2D eigenvalue weighted by Crippen LogP contribution is -2.60. The van der Waals surface area contributed by atoms with E-state index in [0.29, 0.717) is 40.3 Å². The molecule has 8 rings (SSSR count). The monoisotopic (exact) mass is 664 g/mol. The van der Waals surface area contributed by atoms with E-state index in [1.807, 2.05) is 12.1 Å². The van der Waals surface area contributed by atoms with Crippen molar-refractivity contribution in [3.8, 4) is 0 Å². The van der Waals surface area contributed by atoms with Crippen LogP contribution in [-0.4, -0.2) is 131 Å². The second-order valence-electron chi connectivity index (χ2n) is 13.7. The van der Waals surface area contributed by atoms with Crippen molar-refractivity contribution >= 4 is 51.1 Å². The summed E-state index contributed by atoms with van der Waals surface area (Å²) in [7, 11) is 0. The molecule has 4 aromatic rings. The van der Waals surface area contributed by atoms with Gasteiger partial charge in [-0.25, -0.2) is 19.9 Å². The topological polar surface area (TPSA) is 91.5 Å². The Balaban J connectivity index is 0.774.